The van der Waals surface area contributed by atoms with E-state index in [4.69, 9.17) is 9.47 Å². The molecule has 1 aromatic carbocycles. The van der Waals surface area contributed by atoms with Crippen molar-refractivity contribution < 1.29 is 23.9 Å². The number of carbonyl (C=O) groups excluding carboxylic acids is 3. The molecule has 1 aromatic rings. The Hall–Kier alpha value is -2.87. The number of hydrogen-bond acceptors (Lipinski definition) is 6. The van der Waals surface area contributed by atoms with Crippen molar-refractivity contribution in [1.82, 2.24) is 15.5 Å². The molecular weight excluding hydrogens is 470 g/mol. The van der Waals surface area contributed by atoms with Crippen molar-refractivity contribution in [3.8, 4) is 5.75 Å². The van der Waals surface area contributed by atoms with Crippen LogP contribution in [0, 0.1) is 11.3 Å². The van der Waals surface area contributed by atoms with Crippen LogP contribution in [-0.4, -0.2) is 68.1 Å². The fraction of sp³-hybridized carbons (Fsp3) is 0.621. The standard InChI is InChI=1S/C29H47N3O5/c1-12-37-26(34)20(4)17-23(19(2)3)32(10)25(33)24(28(5,6)7)31-27(35)29(8,30-9)18-21-13-15-22(36-11)16-14-21/h13-17,19,23-24,30H,12,18H2,1-11H3,(H,31,35)/b20-17+/t23-,24?,29?/m1/s1. The first-order chi connectivity index (χ1) is 17.1. The lowest BCUT2D eigenvalue weighted by Crippen LogP contribution is -2.63. The SMILES string of the molecule is CCOC(=O)/C(C)=C/[C@H](C(C)C)N(C)C(=O)C(NC(=O)C(C)(Cc1ccc(OC)cc1)NC)C(C)(C)C. The fourth-order valence-electron chi connectivity index (χ4n) is 4.04. The van der Waals surface area contributed by atoms with Crippen LogP contribution in [0.4, 0.5) is 0 Å². The Bertz CT molecular complexity index is 949. The number of ether oxygens (including phenoxy) is 2. The lowest BCUT2D eigenvalue weighted by molar-refractivity contribution is -0.141. The normalized spacial score (nSPS) is 15.4. The summed E-state index contributed by atoms with van der Waals surface area (Å²) in [4.78, 5) is 41.2. The number of esters is 1. The zero-order valence-corrected chi connectivity index (χ0v) is 24.5. The van der Waals surface area contributed by atoms with Gasteiger partial charge in [0.15, 0.2) is 0 Å². The third kappa shape index (κ3) is 8.88. The number of nitrogens with zero attached hydrogens (tertiary/aromatic N) is 1. The average Bonchev–Trinajstić information content (AvgIpc) is 2.84. The number of carbonyl (C=O) groups is 3. The van der Waals surface area contributed by atoms with Crippen molar-refractivity contribution in [2.24, 2.45) is 11.3 Å². The van der Waals surface area contributed by atoms with E-state index in [0.29, 0.717) is 12.0 Å². The molecule has 0 bridgehead atoms. The molecule has 3 atom stereocenters. The highest BCUT2D eigenvalue weighted by Gasteiger charge is 2.41. The topological polar surface area (TPSA) is 97.0 Å². The van der Waals surface area contributed by atoms with Crippen LogP contribution in [0.2, 0.25) is 0 Å². The van der Waals surface area contributed by atoms with Gasteiger partial charge in [0.25, 0.3) is 0 Å². The maximum absolute atomic E-state index is 13.8. The summed E-state index contributed by atoms with van der Waals surface area (Å²) < 4.78 is 10.3. The maximum Gasteiger partial charge on any atom is 0.333 e. The molecular formula is C29H47N3O5. The third-order valence-corrected chi connectivity index (χ3v) is 6.65. The predicted molar refractivity (Wildman–Crippen MR) is 147 cm³/mol. The van der Waals surface area contributed by atoms with Crippen LogP contribution in [0.1, 0.15) is 61.0 Å². The van der Waals surface area contributed by atoms with Crippen molar-refractivity contribution in [3.05, 3.63) is 41.5 Å². The van der Waals surface area contributed by atoms with Gasteiger partial charge in [-0.2, -0.15) is 0 Å². The highest BCUT2D eigenvalue weighted by atomic mass is 16.5. The Morgan fingerprint density at radius 3 is 2.08 bits per heavy atom. The molecule has 0 saturated heterocycles. The molecule has 2 amide bonds. The van der Waals surface area contributed by atoms with Crippen molar-refractivity contribution >= 4 is 17.8 Å². The van der Waals surface area contributed by atoms with E-state index in [9.17, 15) is 14.4 Å². The van der Waals surface area contributed by atoms with Crippen LogP contribution >= 0.6 is 0 Å². The minimum atomic E-state index is -0.950. The summed E-state index contributed by atoms with van der Waals surface area (Å²) in [5.41, 5.74) is -0.104. The van der Waals surface area contributed by atoms with Crippen LogP contribution in [0.5, 0.6) is 5.75 Å². The van der Waals surface area contributed by atoms with E-state index in [0.717, 1.165) is 11.3 Å². The number of rotatable bonds is 12. The lowest BCUT2D eigenvalue weighted by atomic mass is 9.83. The number of benzene rings is 1. The molecule has 8 heteroatoms. The van der Waals surface area contributed by atoms with Crippen molar-refractivity contribution in [3.63, 3.8) is 0 Å². The molecule has 0 aliphatic carbocycles. The quantitative estimate of drug-likeness (QED) is 0.324. The third-order valence-electron chi connectivity index (χ3n) is 6.65. The van der Waals surface area contributed by atoms with Crippen LogP contribution in [0.15, 0.2) is 35.9 Å². The summed E-state index contributed by atoms with van der Waals surface area (Å²) in [6.45, 7) is 15.3. The second kappa shape index (κ2) is 13.6. The van der Waals surface area contributed by atoms with E-state index >= 15 is 0 Å². The van der Waals surface area contributed by atoms with E-state index < -0.39 is 23.0 Å². The van der Waals surface area contributed by atoms with E-state index in [-0.39, 0.29) is 30.4 Å². The van der Waals surface area contributed by atoms with E-state index in [1.165, 1.54) is 0 Å². The lowest BCUT2D eigenvalue weighted by Gasteiger charge is -2.39. The van der Waals surface area contributed by atoms with Gasteiger partial charge < -0.3 is 25.0 Å². The zero-order valence-electron chi connectivity index (χ0n) is 24.5. The first kappa shape index (κ1) is 32.2. The van der Waals surface area contributed by atoms with Gasteiger partial charge in [0.05, 0.1) is 25.3 Å². The van der Waals surface area contributed by atoms with Gasteiger partial charge in [-0.1, -0.05) is 52.8 Å². The van der Waals surface area contributed by atoms with Crippen molar-refractivity contribution in [2.45, 2.75) is 79.4 Å². The predicted octanol–water partition coefficient (Wildman–Crippen LogP) is 3.74. The van der Waals surface area contributed by atoms with Crippen LogP contribution < -0.4 is 15.4 Å². The van der Waals surface area contributed by atoms with Crippen LogP contribution in [-0.2, 0) is 25.5 Å². The summed E-state index contributed by atoms with van der Waals surface area (Å²) in [6, 6.07) is 6.43. The Balaban J connectivity index is 3.23. The van der Waals surface area contributed by atoms with Gasteiger partial charge in [-0.3, -0.25) is 9.59 Å². The minimum Gasteiger partial charge on any atom is -0.497 e. The van der Waals surface area contributed by atoms with Gasteiger partial charge in [-0.15, -0.1) is 0 Å². The molecule has 2 N–H and O–H groups in total. The molecule has 0 spiro atoms. The van der Waals surface area contributed by atoms with E-state index in [2.05, 4.69) is 10.6 Å². The van der Waals surface area contributed by atoms with Crippen LogP contribution in [0.25, 0.3) is 0 Å². The van der Waals surface area contributed by atoms with Crippen molar-refractivity contribution in [1.29, 1.82) is 0 Å². The minimum absolute atomic E-state index is 0.0345. The second-order valence-electron chi connectivity index (χ2n) is 11.1. The van der Waals surface area contributed by atoms with Gasteiger partial charge in [0.2, 0.25) is 11.8 Å². The molecule has 0 aliphatic rings. The van der Waals surface area contributed by atoms with Gasteiger partial charge in [-0.05, 0) is 63.3 Å². The molecule has 0 radical (unpaired) electrons. The maximum atomic E-state index is 13.8. The Kier molecular flexibility index (Phi) is 11.8. The highest BCUT2D eigenvalue weighted by molar-refractivity contribution is 5.93. The van der Waals surface area contributed by atoms with Gasteiger partial charge in [0.1, 0.15) is 11.8 Å². The molecule has 208 valence electrons. The molecule has 0 aliphatic heterocycles. The number of amides is 2. The molecule has 0 aromatic heterocycles. The number of methoxy groups -OCH3 is 1. The summed E-state index contributed by atoms with van der Waals surface area (Å²) in [5, 5.41) is 6.18. The van der Waals surface area contributed by atoms with Gasteiger partial charge >= 0.3 is 5.97 Å². The number of nitrogens with one attached hydrogen (secondary N) is 2. The monoisotopic (exact) mass is 517 g/mol. The van der Waals surface area contributed by atoms with Gasteiger partial charge in [0, 0.05) is 12.6 Å². The average molecular weight is 518 g/mol. The van der Waals surface area contributed by atoms with E-state index in [1.807, 2.05) is 65.8 Å². The summed E-state index contributed by atoms with van der Waals surface area (Å²) in [5.74, 6) is -0.125. The molecule has 2 unspecified atom stereocenters. The highest BCUT2D eigenvalue weighted by Crippen LogP contribution is 2.25. The Morgan fingerprint density at radius 2 is 1.65 bits per heavy atom. The van der Waals surface area contributed by atoms with E-state index in [1.54, 1.807) is 46.0 Å². The Morgan fingerprint density at radius 1 is 1.08 bits per heavy atom. The summed E-state index contributed by atoms with van der Waals surface area (Å²) >= 11 is 0. The van der Waals surface area contributed by atoms with Gasteiger partial charge in [-0.25, -0.2) is 4.79 Å². The summed E-state index contributed by atoms with van der Waals surface area (Å²) in [6.07, 6.45) is 2.19. The number of hydrogen-bond donors (Lipinski definition) is 2. The molecule has 0 heterocycles. The molecule has 0 fully saturated rings. The fourth-order valence-corrected chi connectivity index (χ4v) is 4.04. The summed E-state index contributed by atoms with van der Waals surface area (Å²) in [7, 11) is 5.06. The zero-order chi connectivity index (χ0) is 28.6. The Labute approximate surface area is 223 Å². The smallest absolute Gasteiger partial charge is 0.333 e. The molecule has 1 rings (SSSR count). The number of likely N-dealkylation sites (N-methyl/N-ethyl adjacent to an activating group) is 2. The first-order valence-electron chi connectivity index (χ1n) is 12.9. The first-order valence-corrected chi connectivity index (χ1v) is 12.9. The second-order valence-corrected chi connectivity index (χ2v) is 11.1. The molecule has 37 heavy (non-hydrogen) atoms. The largest absolute Gasteiger partial charge is 0.497 e. The molecule has 8 nitrogen and oxygen atoms in total. The molecule has 0 saturated carbocycles. The van der Waals surface area contributed by atoms with Crippen LogP contribution in [0.3, 0.4) is 0 Å². The van der Waals surface area contributed by atoms with Crippen molar-refractivity contribution in [2.75, 3.05) is 27.8 Å².